The molecule has 0 fully saturated rings. The highest BCUT2D eigenvalue weighted by atomic mass is 19.1. The lowest BCUT2D eigenvalue weighted by Gasteiger charge is -2.11. The Balaban J connectivity index is 1.71. The number of hydrogen-bond acceptors (Lipinski definition) is 4. The molecular weight excluding hydrogens is 369 g/mol. The summed E-state index contributed by atoms with van der Waals surface area (Å²) in [6, 6.07) is 18.6. The molecule has 5 nitrogen and oxygen atoms in total. The van der Waals surface area contributed by atoms with Crippen LogP contribution in [0.3, 0.4) is 0 Å². The van der Waals surface area contributed by atoms with E-state index in [4.69, 9.17) is 10.8 Å². The maximum absolute atomic E-state index is 13.6. The van der Waals surface area contributed by atoms with Crippen LogP contribution in [0.4, 0.5) is 15.9 Å². The van der Waals surface area contributed by atoms with Gasteiger partial charge in [0.2, 0.25) is 0 Å². The fourth-order valence-corrected chi connectivity index (χ4v) is 3.18. The summed E-state index contributed by atoms with van der Waals surface area (Å²) in [7, 11) is 0. The van der Waals surface area contributed by atoms with Gasteiger partial charge >= 0.3 is 0 Å². The largest absolute Gasteiger partial charge is 0.392 e. The van der Waals surface area contributed by atoms with Crippen molar-refractivity contribution in [2.24, 2.45) is 0 Å². The molecule has 4 aromatic rings. The molecule has 4 N–H and O–H groups in total. The van der Waals surface area contributed by atoms with Crippen LogP contribution in [0.2, 0.25) is 0 Å². The molecule has 0 spiro atoms. The van der Waals surface area contributed by atoms with Crippen molar-refractivity contribution in [1.29, 1.82) is 0 Å². The Morgan fingerprint density at radius 2 is 1.76 bits per heavy atom. The molecule has 0 aliphatic rings. The number of benzene rings is 3. The van der Waals surface area contributed by atoms with Gasteiger partial charge in [-0.25, -0.2) is 9.37 Å². The van der Waals surface area contributed by atoms with E-state index in [0.717, 1.165) is 11.1 Å². The van der Waals surface area contributed by atoms with Crippen LogP contribution in [0.1, 0.15) is 15.9 Å². The minimum absolute atomic E-state index is 0.0611. The Hall–Kier alpha value is -3.77. The van der Waals surface area contributed by atoms with Gasteiger partial charge in [0.15, 0.2) is 0 Å². The lowest BCUT2D eigenvalue weighted by molar-refractivity contribution is 0.102. The van der Waals surface area contributed by atoms with Crippen molar-refractivity contribution in [2.45, 2.75) is 6.61 Å². The molecule has 3 aromatic carbocycles. The van der Waals surface area contributed by atoms with E-state index in [0.29, 0.717) is 33.4 Å². The molecule has 4 rings (SSSR count). The summed E-state index contributed by atoms with van der Waals surface area (Å²) in [5.41, 5.74) is 9.28. The summed E-state index contributed by atoms with van der Waals surface area (Å²) in [5.74, 6) is -0.353. The van der Waals surface area contributed by atoms with Crippen molar-refractivity contribution in [1.82, 2.24) is 4.98 Å². The second-order valence-electron chi connectivity index (χ2n) is 6.64. The normalized spacial score (nSPS) is 10.8. The molecule has 0 saturated heterocycles. The zero-order valence-electron chi connectivity index (χ0n) is 15.4. The number of nitrogen functional groups attached to an aromatic ring is 1. The predicted molar refractivity (Wildman–Crippen MR) is 112 cm³/mol. The average Bonchev–Trinajstić information content (AvgIpc) is 2.74. The lowest BCUT2D eigenvalue weighted by Crippen LogP contribution is -2.13. The van der Waals surface area contributed by atoms with E-state index >= 15 is 0 Å². The molecule has 1 heterocycles. The number of aliphatic hydroxyl groups is 1. The predicted octanol–water partition coefficient (Wildman–Crippen LogP) is 4.37. The van der Waals surface area contributed by atoms with Crippen LogP contribution < -0.4 is 11.1 Å². The number of nitrogens with zero attached hydrogens (tertiary/aromatic N) is 1. The fraction of sp³-hybridized carbons (Fsp3) is 0.0435. The van der Waals surface area contributed by atoms with Gasteiger partial charge in [0, 0.05) is 17.3 Å². The fourth-order valence-electron chi connectivity index (χ4n) is 3.18. The molecular formula is C23H18FN3O2. The summed E-state index contributed by atoms with van der Waals surface area (Å²) in [5, 5.41) is 13.2. The first kappa shape index (κ1) is 18.6. The lowest BCUT2D eigenvalue weighted by atomic mass is 9.99. The molecule has 0 radical (unpaired) electrons. The molecule has 29 heavy (non-hydrogen) atoms. The molecule has 6 heteroatoms. The summed E-state index contributed by atoms with van der Waals surface area (Å²) < 4.78 is 13.6. The van der Waals surface area contributed by atoms with Crippen LogP contribution in [-0.4, -0.2) is 16.0 Å². The third kappa shape index (κ3) is 3.79. The Morgan fingerprint density at radius 3 is 2.48 bits per heavy atom. The minimum atomic E-state index is -0.325. The van der Waals surface area contributed by atoms with Crippen LogP contribution in [0.15, 0.2) is 72.9 Å². The second-order valence-corrected chi connectivity index (χ2v) is 6.64. The summed E-state index contributed by atoms with van der Waals surface area (Å²) >= 11 is 0. The van der Waals surface area contributed by atoms with Gasteiger partial charge in [-0.3, -0.25) is 4.79 Å². The van der Waals surface area contributed by atoms with Crippen molar-refractivity contribution in [2.75, 3.05) is 11.1 Å². The zero-order chi connectivity index (χ0) is 20.4. The van der Waals surface area contributed by atoms with Gasteiger partial charge in [-0.1, -0.05) is 36.4 Å². The smallest absolute Gasteiger partial charge is 0.257 e. The molecule has 144 valence electrons. The average molecular weight is 387 g/mol. The van der Waals surface area contributed by atoms with Crippen molar-refractivity contribution < 1.29 is 14.3 Å². The van der Waals surface area contributed by atoms with E-state index in [1.807, 2.05) is 6.07 Å². The second kappa shape index (κ2) is 7.69. The topological polar surface area (TPSA) is 88.2 Å². The quantitative estimate of drug-likeness (QED) is 0.485. The maximum atomic E-state index is 13.6. The Morgan fingerprint density at radius 1 is 1.00 bits per heavy atom. The van der Waals surface area contributed by atoms with Crippen molar-refractivity contribution in [3.8, 4) is 11.1 Å². The number of carbonyl (C=O) groups excluding carboxylic acids is 1. The van der Waals surface area contributed by atoms with Gasteiger partial charge < -0.3 is 16.2 Å². The Labute approximate surface area is 166 Å². The van der Waals surface area contributed by atoms with Gasteiger partial charge in [0.1, 0.15) is 11.6 Å². The zero-order valence-corrected chi connectivity index (χ0v) is 15.4. The van der Waals surface area contributed by atoms with Gasteiger partial charge in [0.05, 0.1) is 12.2 Å². The van der Waals surface area contributed by atoms with Crippen LogP contribution >= 0.6 is 0 Å². The van der Waals surface area contributed by atoms with Gasteiger partial charge in [-0.2, -0.15) is 0 Å². The number of pyridine rings is 1. The first-order valence-electron chi connectivity index (χ1n) is 9.00. The van der Waals surface area contributed by atoms with Gasteiger partial charge in [-0.15, -0.1) is 0 Å². The standard InChI is InChI=1S/C23H18FN3O2/c24-17-3-1-2-15(10-17)16-6-9-19-20(11-16)22(25)26-12-21(19)23(29)27-18-7-4-14(13-28)5-8-18/h1-12,28H,13H2,(H2,25,26)(H,27,29). The molecule has 0 saturated carbocycles. The highest BCUT2D eigenvalue weighted by Crippen LogP contribution is 2.29. The number of nitrogens with two attached hydrogens (primary N) is 1. The van der Waals surface area contributed by atoms with Crippen LogP contribution in [0.25, 0.3) is 21.9 Å². The number of nitrogens with one attached hydrogen (secondary N) is 1. The van der Waals surface area contributed by atoms with Crippen LogP contribution in [0.5, 0.6) is 0 Å². The van der Waals surface area contributed by atoms with Crippen LogP contribution in [0, 0.1) is 5.82 Å². The maximum Gasteiger partial charge on any atom is 0.257 e. The summed E-state index contributed by atoms with van der Waals surface area (Å²) in [6.45, 7) is -0.0611. The monoisotopic (exact) mass is 387 g/mol. The van der Waals surface area contributed by atoms with E-state index in [1.165, 1.54) is 18.3 Å². The number of aliphatic hydroxyl groups excluding tert-OH is 1. The first-order valence-corrected chi connectivity index (χ1v) is 9.00. The molecule has 1 aromatic heterocycles. The number of aromatic nitrogens is 1. The number of halogens is 1. The number of hydrogen-bond donors (Lipinski definition) is 3. The van der Waals surface area contributed by atoms with Crippen LogP contribution in [-0.2, 0) is 6.61 Å². The van der Waals surface area contributed by atoms with Crippen molar-refractivity contribution in [3.63, 3.8) is 0 Å². The van der Waals surface area contributed by atoms with E-state index in [2.05, 4.69) is 10.3 Å². The molecule has 0 aliphatic carbocycles. The SMILES string of the molecule is Nc1ncc(C(=O)Nc2ccc(CO)cc2)c2ccc(-c3cccc(F)c3)cc12. The molecule has 0 aliphatic heterocycles. The number of carbonyl (C=O) groups is 1. The Bertz CT molecular complexity index is 1210. The first-order chi connectivity index (χ1) is 14.0. The number of rotatable bonds is 4. The van der Waals surface area contributed by atoms with E-state index in [-0.39, 0.29) is 18.3 Å². The van der Waals surface area contributed by atoms with Crippen molar-refractivity contribution in [3.05, 3.63) is 89.9 Å². The molecule has 0 atom stereocenters. The third-order valence-electron chi connectivity index (χ3n) is 4.72. The summed E-state index contributed by atoms with van der Waals surface area (Å²) in [6.07, 6.45) is 1.44. The van der Waals surface area contributed by atoms with E-state index in [1.54, 1.807) is 48.5 Å². The highest BCUT2D eigenvalue weighted by molar-refractivity contribution is 6.14. The minimum Gasteiger partial charge on any atom is -0.392 e. The molecule has 0 unspecified atom stereocenters. The van der Waals surface area contributed by atoms with Gasteiger partial charge in [0.25, 0.3) is 5.91 Å². The Kier molecular flexibility index (Phi) is 4.93. The van der Waals surface area contributed by atoms with E-state index in [9.17, 15) is 9.18 Å². The number of anilines is 2. The third-order valence-corrected chi connectivity index (χ3v) is 4.72. The summed E-state index contributed by atoms with van der Waals surface area (Å²) in [4.78, 5) is 17.0. The molecule has 0 bridgehead atoms. The van der Waals surface area contributed by atoms with E-state index < -0.39 is 0 Å². The number of fused-ring (bicyclic) bond motifs is 1. The van der Waals surface area contributed by atoms with Crippen molar-refractivity contribution >= 4 is 28.2 Å². The van der Waals surface area contributed by atoms with Gasteiger partial charge in [-0.05, 0) is 52.4 Å². The highest BCUT2D eigenvalue weighted by Gasteiger charge is 2.14. The number of amides is 1. The molecule has 1 amide bonds.